The van der Waals surface area contributed by atoms with Crippen LogP contribution in [0.2, 0.25) is 0 Å². The summed E-state index contributed by atoms with van der Waals surface area (Å²) < 4.78 is 5.44. The van der Waals surface area contributed by atoms with Gasteiger partial charge in [0.2, 0.25) is 5.91 Å². The maximum absolute atomic E-state index is 11.6. The number of carbonyl (C=O) groups is 1. The monoisotopic (exact) mass is 294 g/mol. The van der Waals surface area contributed by atoms with E-state index < -0.39 is 6.10 Å². The summed E-state index contributed by atoms with van der Waals surface area (Å²) in [5.74, 6) is 0.742. The molecule has 0 radical (unpaired) electrons. The number of aliphatic hydroxyl groups is 1. The van der Waals surface area contributed by atoms with E-state index in [0.717, 1.165) is 5.75 Å². The summed E-state index contributed by atoms with van der Waals surface area (Å²) in [5.41, 5.74) is -0.208. The zero-order valence-electron chi connectivity index (χ0n) is 13.1. The van der Waals surface area contributed by atoms with Crippen LogP contribution in [0.25, 0.3) is 0 Å². The van der Waals surface area contributed by atoms with Crippen LogP contribution in [-0.2, 0) is 4.79 Å². The van der Waals surface area contributed by atoms with E-state index in [0.29, 0.717) is 19.5 Å². The maximum atomic E-state index is 11.6. The molecule has 0 fully saturated rings. The lowest BCUT2D eigenvalue weighted by atomic mass is 10.1. The predicted molar refractivity (Wildman–Crippen MR) is 83.3 cm³/mol. The molecule has 0 heterocycles. The molecule has 0 aliphatic carbocycles. The highest BCUT2D eigenvalue weighted by molar-refractivity contribution is 5.76. The highest BCUT2D eigenvalue weighted by Crippen LogP contribution is 2.08. The van der Waals surface area contributed by atoms with Gasteiger partial charge in [-0.05, 0) is 32.9 Å². The fraction of sp³-hybridized carbons (Fsp3) is 0.562. The summed E-state index contributed by atoms with van der Waals surface area (Å²) in [7, 11) is 0. The minimum absolute atomic E-state index is 0.00465. The molecule has 3 N–H and O–H groups in total. The third kappa shape index (κ3) is 9.05. The highest BCUT2D eigenvalue weighted by Gasteiger charge is 2.13. The molecule has 0 aromatic heterocycles. The van der Waals surface area contributed by atoms with Gasteiger partial charge in [-0.2, -0.15) is 0 Å². The second kappa shape index (κ2) is 8.64. The van der Waals surface area contributed by atoms with Crippen molar-refractivity contribution in [1.82, 2.24) is 10.6 Å². The lowest BCUT2D eigenvalue weighted by Gasteiger charge is -2.20. The standard InChI is InChI=1S/C16H26N2O3/c1-16(2,3)18-15(20)9-10-17-11-13(19)12-21-14-7-5-4-6-8-14/h4-8,13,17,19H,9-12H2,1-3H3,(H,18,20). The zero-order valence-corrected chi connectivity index (χ0v) is 13.1. The van der Waals surface area contributed by atoms with Crippen LogP contribution in [0.15, 0.2) is 30.3 Å². The molecule has 0 spiro atoms. The van der Waals surface area contributed by atoms with E-state index in [9.17, 15) is 9.90 Å². The first kappa shape index (κ1) is 17.5. The fourth-order valence-electron chi connectivity index (χ4n) is 1.72. The Morgan fingerprint density at radius 3 is 2.57 bits per heavy atom. The van der Waals surface area contributed by atoms with E-state index in [1.165, 1.54) is 0 Å². The molecule has 1 unspecified atom stereocenters. The summed E-state index contributed by atoms with van der Waals surface area (Å²) in [4.78, 5) is 11.6. The smallest absolute Gasteiger partial charge is 0.221 e. The van der Waals surface area contributed by atoms with E-state index >= 15 is 0 Å². The van der Waals surface area contributed by atoms with E-state index in [-0.39, 0.29) is 18.1 Å². The first-order chi connectivity index (χ1) is 9.87. The largest absolute Gasteiger partial charge is 0.491 e. The van der Waals surface area contributed by atoms with Crippen LogP contribution < -0.4 is 15.4 Å². The molecular weight excluding hydrogens is 268 g/mol. The second-order valence-electron chi connectivity index (χ2n) is 6.03. The van der Waals surface area contributed by atoms with E-state index in [4.69, 9.17) is 4.74 Å². The number of para-hydroxylation sites is 1. The summed E-state index contributed by atoms with van der Waals surface area (Å²) in [5, 5.41) is 15.7. The van der Waals surface area contributed by atoms with E-state index in [2.05, 4.69) is 10.6 Å². The van der Waals surface area contributed by atoms with Gasteiger partial charge in [-0.1, -0.05) is 18.2 Å². The quantitative estimate of drug-likeness (QED) is 0.632. The minimum Gasteiger partial charge on any atom is -0.491 e. The van der Waals surface area contributed by atoms with E-state index in [1.54, 1.807) is 0 Å². The van der Waals surface area contributed by atoms with Crippen molar-refractivity contribution in [3.63, 3.8) is 0 Å². The number of nitrogens with one attached hydrogen (secondary N) is 2. The number of rotatable bonds is 8. The van der Waals surface area contributed by atoms with Crippen LogP contribution in [0, 0.1) is 0 Å². The molecule has 118 valence electrons. The number of aliphatic hydroxyl groups excluding tert-OH is 1. The van der Waals surface area contributed by atoms with Gasteiger partial charge in [0.25, 0.3) is 0 Å². The van der Waals surface area contributed by atoms with Gasteiger partial charge < -0.3 is 20.5 Å². The van der Waals surface area contributed by atoms with Gasteiger partial charge in [0.1, 0.15) is 18.5 Å². The van der Waals surface area contributed by atoms with Crippen molar-refractivity contribution < 1.29 is 14.6 Å². The van der Waals surface area contributed by atoms with Crippen LogP contribution >= 0.6 is 0 Å². The summed E-state index contributed by atoms with van der Waals surface area (Å²) in [6.45, 7) is 7.00. The van der Waals surface area contributed by atoms with Crippen molar-refractivity contribution in [2.75, 3.05) is 19.7 Å². The van der Waals surface area contributed by atoms with Gasteiger partial charge in [-0.15, -0.1) is 0 Å². The van der Waals surface area contributed by atoms with Gasteiger partial charge in [-0.3, -0.25) is 4.79 Å². The predicted octanol–water partition coefficient (Wildman–Crippen LogP) is 1.32. The van der Waals surface area contributed by atoms with Gasteiger partial charge in [0, 0.05) is 25.0 Å². The molecule has 1 amide bonds. The van der Waals surface area contributed by atoms with E-state index in [1.807, 2.05) is 51.1 Å². The average molecular weight is 294 g/mol. The Hall–Kier alpha value is -1.59. The van der Waals surface area contributed by atoms with Gasteiger partial charge in [0.15, 0.2) is 0 Å². The van der Waals surface area contributed by atoms with Crippen LogP contribution in [0.3, 0.4) is 0 Å². The van der Waals surface area contributed by atoms with Crippen LogP contribution in [0.1, 0.15) is 27.2 Å². The second-order valence-corrected chi connectivity index (χ2v) is 6.03. The molecule has 1 aromatic rings. The Labute approximate surface area is 126 Å². The number of benzene rings is 1. The first-order valence-electron chi connectivity index (χ1n) is 7.24. The van der Waals surface area contributed by atoms with Crippen molar-refractivity contribution in [2.45, 2.75) is 38.8 Å². The van der Waals surface area contributed by atoms with Crippen LogP contribution in [0.4, 0.5) is 0 Å². The Morgan fingerprint density at radius 1 is 1.29 bits per heavy atom. The van der Waals surface area contributed by atoms with Gasteiger partial charge >= 0.3 is 0 Å². The number of ether oxygens (including phenoxy) is 1. The molecule has 21 heavy (non-hydrogen) atoms. The van der Waals surface area contributed by atoms with Gasteiger partial charge in [0.05, 0.1) is 0 Å². The van der Waals surface area contributed by atoms with Crippen molar-refractivity contribution >= 4 is 5.91 Å². The summed E-state index contributed by atoms with van der Waals surface area (Å²) in [6, 6.07) is 9.36. The molecule has 0 saturated carbocycles. The Balaban J connectivity index is 2.08. The zero-order chi connectivity index (χ0) is 15.7. The van der Waals surface area contributed by atoms with Crippen LogP contribution in [0.5, 0.6) is 5.75 Å². The number of carbonyl (C=O) groups excluding carboxylic acids is 1. The third-order valence-corrected chi connectivity index (χ3v) is 2.61. The molecular formula is C16H26N2O3. The third-order valence-electron chi connectivity index (χ3n) is 2.61. The molecule has 0 bridgehead atoms. The molecule has 1 rings (SSSR count). The summed E-state index contributed by atoms with van der Waals surface area (Å²) in [6.07, 6.45) is -0.209. The molecule has 1 atom stereocenters. The Morgan fingerprint density at radius 2 is 1.95 bits per heavy atom. The highest BCUT2D eigenvalue weighted by atomic mass is 16.5. The first-order valence-corrected chi connectivity index (χ1v) is 7.24. The fourth-order valence-corrected chi connectivity index (χ4v) is 1.72. The van der Waals surface area contributed by atoms with Crippen molar-refractivity contribution in [1.29, 1.82) is 0 Å². The number of hydrogen-bond donors (Lipinski definition) is 3. The Kier molecular flexibility index (Phi) is 7.19. The summed E-state index contributed by atoms with van der Waals surface area (Å²) >= 11 is 0. The lowest BCUT2D eigenvalue weighted by Crippen LogP contribution is -2.42. The molecule has 0 aliphatic heterocycles. The molecule has 1 aromatic carbocycles. The lowest BCUT2D eigenvalue weighted by molar-refractivity contribution is -0.122. The molecule has 0 aliphatic rings. The van der Waals surface area contributed by atoms with Crippen molar-refractivity contribution in [3.05, 3.63) is 30.3 Å². The van der Waals surface area contributed by atoms with Crippen molar-refractivity contribution in [3.8, 4) is 5.75 Å². The minimum atomic E-state index is -0.601. The SMILES string of the molecule is CC(C)(C)NC(=O)CCNCC(O)COc1ccccc1. The number of amides is 1. The Bertz CT molecular complexity index is 415. The maximum Gasteiger partial charge on any atom is 0.221 e. The van der Waals surface area contributed by atoms with Crippen LogP contribution in [-0.4, -0.2) is 42.4 Å². The van der Waals surface area contributed by atoms with Crippen molar-refractivity contribution in [2.24, 2.45) is 0 Å². The average Bonchev–Trinajstić information content (AvgIpc) is 2.40. The normalized spacial score (nSPS) is 12.8. The number of hydrogen-bond acceptors (Lipinski definition) is 4. The topological polar surface area (TPSA) is 70.6 Å². The van der Waals surface area contributed by atoms with Gasteiger partial charge in [-0.25, -0.2) is 0 Å². The molecule has 0 saturated heterocycles. The molecule has 5 nitrogen and oxygen atoms in total. The molecule has 5 heteroatoms.